The molecular weight excluding hydrogens is 220 g/mol. The van der Waals surface area contributed by atoms with E-state index in [4.69, 9.17) is 0 Å². The molecule has 9 heteroatoms. The van der Waals surface area contributed by atoms with Crippen LogP contribution in [0.25, 0.3) is 0 Å². The Kier molecular flexibility index (Phi) is 2.20. The number of carbonyl (C=O) groups excluding carboxylic acids is 2. The summed E-state index contributed by atoms with van der Waals surface area (Å²) in [4.78, 5) is 32.4. The second-order valence-corrected chi connectivity index (χ2v) is 3.44. The van der Waals surface area contributed by atoms with E-state index < -0.39 is 24.0 Å². The van der Waals surface area contributed by atoms with E-state index in [-0.39, 0.29) is 5.84 Å². The van der Waals surface area contributed by atoms with Gasteiger partial charge in [0.2, 0.25) is 6.35 Å². The molecule has 0 aromatic carbocycles. The molecular formula is C7H9N4O5. The highest BCUT2D eigenvalue weighted by Crippen LogP contribution is 2.26. The van der Waals surface area contributed by atoms with E-state index in [1.807, 2.05) is 0 Å². The smallest absolute Gasteiger partial charge is 0.331 e. The standard InChI is InChI=1S/C7H9N4O5/c1-10-3-7(16-15,9-5(13)8-3)4(12)11(2)6(10)14/h5,9,13H,1-2H3. The minimum absolute atomic E-state index is 0.247. The van der Waals surface area contributed by atoms with E-state index >= 15 is 0 Å². The zero-order valence-electron chi connectivity index (χ0n) is 8.50. The summed E-state index contributed by atoms with van der Waals surface area (Å²) in [5.74, 6) is -1.16. The predicted molar refractivity (Wildman–Crippen MR) is 47.0 cm³/mol. The van der Waals surface area contributed by atoms with Crippen molar-refractivity contribution < 1.29 is 24.8 Å². The number of hydrogen-bond acceptors (Lipinski definition) is 6. The lowest BCUT2D eigenvalue weighted by Gasteiger charge is -2.38. The first kappa shape index (κ1) is 11.0. The molecule has 2 N–H and O–H groups in total. The molecule has 1 fully saturated rings. The summed E-state index contributed by atoms with van der Waals surface area (Å²) in [6.07, 6.45) is -1.46. The summed E-state index contributed by atoms with van der Waals surface area (Å²) < 4.78 is 0. The van der Waals surface area contributed by atoms with Gasteiger partial charge in [-0.2, -0.15) is 4.89 Å². The zero-order chi connectivity index (χ0) is 12.1. The van der Waals surface area contributed by atoms with E-state index in [0.29, 0.717) is 4.90 Å². The van der Waals surface area contributed by atoms with Gasteiger partial charge in [-0.3, -0.25) is 14.6 Å². The Labute approximate surface area is 89.8 Å². The van der Waals surface area contributed by atoms with Gasteiger partial charge in [-0.25, -0.2) is 15.1 Å². The summed E-state index contributed by atoms with van der Waals surface area (Å²) in [7, 11) is 2.52. The lowest BCUT2D eigenvalue weighted by Crippen LogP contribution is -2.71. The molecule has 0 spiro atoms. The molecule has 0 aromatic rings. The normalized spacial score (nSPS) is 34.2. The van der Waals surface area contributed by atoms with Gasteiger partial charge in [0.15, 0.2) is 5.84 Å². The monoisotopic (exact) mass is 229 g/mol. The molecule has 16 heavy (non-hydrogen) atoms. The van der Waals surface area contributed by atoms with Gasteiger partial charge in [0, 0.05) is 14.1 Å². The van der Waals surface area contributed by atoms with E-state index in [1.54, 1.807) is 0 Å². The minimum Gasteiger partial charge on any atom is -0.359 e. The van der Waals surface area contributed by atoms with Crippen molar-refractivity contribution in [2.24, 2.45) is 4.99 Å². The molecule has 9 nitrogen and oxygen atoms in total. The van der Waals surface area contributed by atoms with Crippen LogP contribution in [-0.2, 0) is 14.9 Å². The highest BCUT2D eigenvalue weighted by molar-refractivity contribution is 6.23. The highest BCUT2D eigenvalue weighted by atomic mass is 17.1. The fraction of sp³-hybridized carbons (Fsp3) is 0.571. The lowest BCUT2D eigenvalue weighted by atomic mass is 10.1. The van der Waals surface area contributed by atoms with Crippen LogP contribution in [0.2, 0.25) is 0 Å². The van der Waals surface area contributed by atoms with E-state index in [2.05, 4.69) is 15.2 Å². The maximum Gasteiger partial charge on any atom is 0.331 e. The maximum atomic E-state index is 11.8. The van der Waals surface area contributed by atoms with Gasteiger partial charge in [0.05, 0.1) is 0 Å². The molecule has 2 aliphatic rings. The van der Waals surface area contributed by atoms with Crippen LogP contribution in [0.5, 0.6) is 0 Å². The molecule has 0 aromatic heterocycles. The number of fused-ring (bicyclic) bond motifs is 1. The van der Waals surface area contributed by atoms with Gasteiger partial charge < -0.3 is 5.11 Å². The molecule has 0 bridgehead atoms. The Bertz CT molecular complexity index is 396. The van der Waals surface area contributed by atoms with Gasteiger partial charge in [0.25, 0.3) is 11.6 Å². The quantitative estimate of drug-likeness (QED) is 0.393. The third-order valence-corrected chi connectivity index (χ3v) is 2.51. The summed E-state index contributed by atoms with van der Waals surface area (Å²) in [5.41, 5.74) is -2.13. The third kappa shape index (κ3) is 1.10. The SMILES string of the molecule is CN1C(=O)N(C)C2=NC(O)NC2(O[O])C1=O. The van der Waals surface area contributed by atoms with Crippen molar-refractivity contribution in [3.8, 4) is 0 Å². The second kappa shape index (κ2) is 3.22. The average Bonchev–Trinajstić information content (AvgIpc) is 2.62. The molecule has 2 atom stereocenters. The van der Waals surface area contributed by atoms with Crippen molar-refractivity contribution in [3.63, 3.8) is 0 Å². The number of nitrogens with zero attached hydrogens (tertiary/aromatic N) is 3. The summed E-state index contributed by atoms with van der Waals surface area (Å²) in [5, 5.41) is 22.1. The Morgan fingerprint density at radius 1 is 1.44 bits per heavy atom. The van der Waals surface area contributed by atoms with Crippen molar-refractivity contribution >= 4 is 17.8 Å². The third-order valence-electron chi connectivity index (χ3n) is 2.51. The molecule has 0 saturated carbocycles. The molecule has 2 rings (SSSR count). The van der Waals surface area contributed by atoms with E-state index in [0.717, 1.165) is 4.90 Å². The number of imide groups is 1. The first-order valence-electron chi connectivity index (χ1n) is 4.35. The van der Waals surface area contributed by atoms with E-state index in [9.17, 15) is 20.0 Å². The Balaban J connectivity index is 2.52. The van der Waals surface area contributed by atoms with Crippen LogP contribution in [0.4, 0.5) is 4.79 Å². The topological polar surface area (TPSA) is 114 Å². The molecule has 1 saturated heterocycles. The van der Waals surface area contributed by atoms with Gasteiger partial charge >= 0.3 is 6.03 Å². The summed E-state index contributed by atoms with van der Waals surface area (Å²) in [6, 6.07) is -0.660. The number of urea groups is 1. The van der Waals surface area contributed by atoms with Crippen LogP contribution in [0, 0.1) is 0 Å². The Morgan fingerprint density at radius 2 is 2.06 bits per heavy atom. The predicted octanol–water partition coefficient (Wildman–Crippen LogP) is -2.15. The van der Waals surface area contributed by atoms with Gasteiger partial charge in [0.1, 0.15) is 0 Å². The van der Waals surface area contributed by atoms with Gasteiger partial charge in [-0.05, 0) is 5.26 Å². The number of aliphatic hydroxyl groups excluding tert-OH is 1. The van der Waals surface area contributed by atoms with Crippen molar-refractivity contribution in [1.29, 1.82) is 0 Å². The van der Waals surface area contributed by atoms with Crippen LogP contribution in [0.3, 0.4) is 0 Å². The maximum absolute atomic E-state index is 11.8. The number of amides is 3. The van der Waals surface area contributed by atoms with Gasteiger partial charge in [-0.1, -0.05) is 0 Å². The molecule has 87 valence electrons. The molecule has 2 aliphatic heterocycles. The summed E-state index contributed by atoms with van der Waals surface area (Å²) in [6.45, 7) is 0. The number of hydrogen-bond donors (Lipinski definition) is 2. The first-order chi connectivity index (χ1) is 7.44. The lowest BCUT2D eigenvalue weighted by molar-refractivity contribution is -0.354. The molecule has 3 amide bonds. The fourth-order valence-electron chi connectivity index (χ4n) is 1.70. The Morgan fingerprint density at radius 3 is 2.62 bits per heavy atom. The number of rotatable bonds is 1. The molecule has 2 unspecified atom stereocenters. The number of carbonyl (C=O) groups is 2. The largest absolute Gasteiger partial charge is 0.359 e. The van der Waals surface area contributed by atoms with Crippen LogP contribution >= 0.6 is 0 Å². The zero-order valence-corrected chi connectivity index (χ0v) is 8.50. The Hall–Kier alpha value is -1.55. The van der Waals surface area contributed by atoms with Crippen molar-refractivity contribution in [3.05, 3.63) is 0 Å². The molecule has 2 heterocycles. The number of likely N-dealkylation sites (N-methyl/N-ethyl adjacent to an activating group) is 2. The fourth-order valence-corrected chi connectivity index (χ4v) is 1.70. The van der Waals surface area contributed by atoms with Crippen LogP contribution in [0.1, 0.15) is 0 Å². The first-order valence-corrected chi connectivity index (χ1v) is 4.35. The summed E-state index contributed by atoms with van der Waals surface area (Å²) >= 11 is 0. The van der Waals surface area contributed by atoms with Crippen LogP contribution in [0.15, 0.2) is 4.99 Å². The average molecular weight is 229 g/mol. The minimum atomic E-state index is -2.13. The second-order valence-electron chi connectivity index (χ2n) is 3.44. The number of nitrogens with one attached hydrogen (secondary N) is 1. The van der Waals surface area contributed by atoms with E-state index in [1.165, 1.54) is 14.1 Å². The van der Waals surface area contributed by atoms with Crippen molar-refractivity contribution in [1.82, 2.24) is 15.1 Å². The van der Waals surface area contributed by atoms with Gasteiger partial charge in [-0.15, -0.1) is 0 Å². The molecule has 1 radical (unpaired) electrons. The number of aliphatic imine (C=N–C) groups is 1. The van der Waals surface area contributed by atoms with Crippen molar-refractivity contribution in [2.45, 2.75) is 12.1 Å². The van der Waals surface area contributed by atoms with Crippen LogP contribution < -0.4 is 5.32 Å². The number of amidine groups is 1. The molecule has 0 aliphatic carbocycles. The highest BCUT2D eigenvalue weighted by Gasteiger charge is 2.60. The number of aliphatic hydroxyl groups is 1. The van der Waals surface area contributed by atoms with Crippen LogP contribution in [-0.4, -0.2) is 58.9 Å². The van der Waals surface area contributed by atoms with Crippen molar-refractivity contribution in [2.75, 3.05) is 14.1 Å².